The van der Waals surface area contributed by atoms with E-state index in [1.165, 1.54) is 25.9 Å². The summed E-state index contributed by atoms with van der Waals surface area (Å²) < 4.78 is 0. The SMILES string of the molecule is CC.CC1CCN(CCC#N)CC1. The molecule has 0 bridgehead atoms. The molecule has 0 aromatic carbocycles. The highest BCUT2D eigenvalue weighted by molar-refractivity contribution is 4.75. The van der Waals surface area contributed by atoms with Gasteiger partial charge < -0.3 is 4.90 Å². The Morgan fingerprint density at radius 3 is 2.31 bits per heavy atom. The maximum absolute atomic E-state index is 8.37. The lowest BCUT2D eigenvalue weighted by Gasteiger charge is -2.29. The van der Waals surface area contributed by atoms with Gasteiger partial charge in [0, 0.05) is 13.0 Å². The molecule has 0 atom stereocenters. The van der Waals surface area contributed by atoms with Crippen molar-refractivity contribution in [3.05, 3.63) is 0 Å². The Bertz CT molecular complexity index is 141. The second-order valence-corrected chi connectivity index (χ2v) is 3.43. The number of hydrogen-bond acceptors (Lipinski definition) is 2. The molecule has 1 aliphatic heterocycles. The fraction of sp³-hybridized carbons (Fsp3) is 0.909. The molecule has 0 saturated carbocycles. The summed E-state index contributed by atoms with van der Waals surface area (Å²) in [6.07, 6.45) is 3.31. The summed E-state index contributed by atoms with van der Waals surface area (Å²) in [6.45, 7) is 9.68. The molecule has 1 rings (SSSR count). The van der Waals surface area contributed by atoms with E-state index in [1.807, 2.05) is 13.8 Å². The summed E-state index contributed by atoms with van der Waals surface area (Å²) in [5.41, 5.74) is 0. The van der Waals surface area contributed by atoms with Crippen LogP contribution in [-0.4, -0.2) is 24.5 Å². The first-order valence-corrected chi connectivity index (χ1v) is 5.42. The van der Waals surface area contributed by atoms with Crippen molar-refractivity contribution < 1.29 is 0 Å². The molecule has 2 heteroatoms. The van der Waals surface area contributed by atoms with Crippen LogP contribution in [0.3, 0.4) is 0 Å². The molecule has 0 N–H and O–H groups in total. The van der Waals surface area contributed by atoms with E-state index < -0.39 is 0 Å². The summed E-state index contributed by atoms with van der Waals surface area (Å²) in [7, 11) is 0. The molecular formula is C11H22N2. The van der Waals surface area contributed by atoms with E-state index in [4.69, 9.17) is 5.26 Å². The van der Waals surface area contributed by atoms with Crippen LogP contribution in [0.5, 0.6) is 0 Å². The Morgan fingerprint density at radius 2 is 1.85 bits per heavy atom. The number of piperidine rings is 1. The fourth-order valence-corrected chi connectivity index (χ4v) is 1.49. The number of likely N-dealkylation sites (tertiary alicyclic amines) is 1. The Balaban J connectivity index is 0.000000671. The second-order valence-electron chi connectivity index (χ2n) is 3.43. The molecule has 0 aromatic heterocycles. The van der Waals surface area contributed by atoms with E-state index in [0.717, 1.165) is 12.5 Å². The van der Waals surface area contributed by atoms with Crippen LogP contribution in [0, 0.1) is 17.2 Å². The smallest absolute Gasteiger partial charge is 0.0635 e. The molecule has 1 fully saturated rings. The summed E-state index contributed by atoms with van der Waals surface area (Å²) in [5.74, 6) is 0.897. The predicted octanol–water partition coefficient (Wildman–Crippen LogP) is 2.66. The summed E-state index contributed by atoms with van der Waals surface area (Å²) >= 11 is 0. The summed E-state index contributed by atoms with van der Waals surface area (Å²) in [4.78, 5) is 2.39. The molecule has 0 amide bonds. The average Bonchev–Trinajstić information content (AvgIpc) is 2.20. The topological polar surface area (TPSA) is 27.0 Å². The zero-order valence-electron chi connectivity index (χ0n) is 9.21. The van der Waals surface area contributed by atoms with Crippen molar-refractivity contribution in [2.24, 2.45) is 5.92 Å². The zero-order chi connectivity index (χ0) is 10.1. The molecule has 0 aliphatic carbocycles. The van der Waals surface area contributed by atoms with Gasteiger partial charge in [0.15, 0.2) is 0 Å². The van der Waals surface area contributed by atoms with Crippen LogP contribution < -0.4 is 0 Å². The molecular weight excluding hydrogens is 160 g/mol. The van der Waals surface area contributed by atoms with Gasteiger partial charge in [-0.2, -0.15) is 5.26 Å². The maximum atomic E-state index is 8.37. The normalized spacial score (nSPS) is 18.6. The number of hydrogen-bond donors (Lipinski definition) is 0. The van der Waals surface area contributed by atoms with Crippen LogP contribution in [0.25, 0.3) is 0 Å². The van der Waals surface area contributed by atoms with Gasteiger partial charge in [-0.15, -0.1) is 0 Å². The molecule has 76 valence electrons. The van der Waals surface area contributed by atoms with Crippen molar-refractivity contribution in [1.29, 1.82) is 5.26 Å². The Labute approximate surface area is 82.5 Å². The van der Waals surface area contributed by atoms with Gasteiger partial charge in [-0.05, 0) is 31.8 Å². The van der Waals surface area contributed by atoms with E-state index in [1.54, 1.807) is 0 Å². The van der Waals surface area contributed by atoms with E-state index in [9.17, 15) is 0 Å². The van der Waals surface area contributed by atoms with Gasteiger partial charge in [0.25, 0.3) is 0 Å². The van der Waals surface area contributed by atoms with Crippen molar-refractivity contribution in [1.82, 2.24) is 4.90 Å². The lowest BCUT2D eigenvalue weighted by atomic mass is 9.99. The third-order valence-corrected chi connectivity index (χ3v) is 2.42. The molecule has 0 spiro atoms. The standard InChI is InChI=1S/C9H16N2.C2H6/c1-9-3-7-11(8-4-9)6-2-5-10;1-2/h9H,2-4,6-8H2,1H3;1-2H3. The monoisotopic (exact) mass is 182 g/mol. The molecule has 0 unspecified atom stereocenters. The molecule has 2 nitrogen and oxygen atoms in total. The molecule has 13 heavy (non-hydrogen) atoms. The van der Waals surface area contributed by atoms with Gasteiger partial charge in [0.1, 0.15) is 0 Å². The van der Waals surface area contributed by atoms with Crippen LogP contribution in [0.2, 0.25) is 0 Å². The average molecular weight is 182 g/mol. The van der Waals surface area contributed by atoms with E-state index >= 15 is 0 Å². The van der Waals surface area contributed by atoms with Crippen molar-refractivity contribution in [2.75, 3.05) is 19.6 Å². The number of nitriles is 1. The van der Waals surface area contributed by atoms with Crippen molar-refractivity contribution in [3.8, 4) is 6.07 Å². The van der Waals surface area contributed by atoms with Gasteiger partial charge in [0.05, 0.1) is 6.07 Å². The predicted molar refractivity (Wildman–Crippen MR) is 56.4 cm³/mol. The maximum Gasteiger partial charge on any atom is 0.0635 e. The van der Waals surface area contributed by atoms with E-state index in [0.29, 0.717) is 6.42 Å². The van der Waals surface area contributed by atoms with Crippen LogP contribution in [-0.2, 0) is 0 Å². The molecule has 1 saturated heterocycles. The van der Waals surface area contributed by atoms with Gasteiger partial charge >= 0.3 is 0 Å². The van der Waals surface area contributed by atoms with E-state index in [2.05, 4.69) is 17.9 Å². The molecule has 0 radical (unpaired) electrons. The number of rotatable bonds is 2. The van der Waals surface area contributed by atoms with Crippen LogP contribution in [0.4, 0.5) is 0 Å². The minimum absolute atomic E-state index is 0.689. The zero-order valence-corrected chi connectivity index (χ0v) is 9.21. The quantitative estimate of drug-likeness (QED) is 0.656. The van der Waals surface area contributed by atoms with Gasteiger partial charge in [-0.25, -0.2) is 0 Å². The third kappa shape index (κ3) is 5.65. The first-order chi connectivity index (χ1) is 6.33. The second kappa shape index (κ2) is 8.07. The lowest BCUT2D eigenvalue weighted by Crippen LogP contribution is -2.33. The van der Waals surface area contributed by atoms with Crippen LogP contribution in [0.1, 0.15) is 40.0 Å². The highest BCUT2D eigenvalue weighted by Crippen LogP contribution is 2.15. The van der Waals surface area contributed by atoms with E-state index in [-0.39, 0.29) is 0 Å². The number of nitrogens with zero attached hydrogens (tertiary/aromatic N) is 2. The highest BCUT2D eigenvalue weighted by Gasteiger charge is 2.14. The molecule has 0 aromatic rings. The van der Waals surface area contributed by atoms with Crippen molar-refractivity contribution in [2.45, 2.75) is 40.0 Å². The van der Waals surface area contributed by atoms with Gasteiger partial charge in [-0.1, -0.05) is 20.8 Å². The summed E-state index contributed by atoms with van der Waals surface area (Å²) in [6, 6.07) is 2.18. The minimum atomic E-state index is 0.689. The Morgan fingerprint density at radius 1 is 1.31 bits per heavy atom. The van der Waals surface area contributed by atoms with Gasteiger partial charge in [-0.3, -0.25) is 0 Å². The first kappa shape index (κ1) is 12.4. The lowest BCUT2D eigenvalue weighted by molar-refractivity contribution is 0.196. The van der Waals surface area contributed by atoms with Crippen LogP contribution in [0.15, 0.2) is 0 Å². The molecule has 1 aliphatic rings. The summed E-state index contributed by atoms with van der Waals surface area (Å²) in [5, 5.41) is 8.37. The van der Waals surface area contributed by atoms with Crippen molar-refractivity contribution in [3.63, 3.8) is 0 Å². The highest BCUT2D eigenvalue weighted by atomic mass is 15.1. The Kier molecular flexibility index (Phi) is 7.73. The largest absolute Gasteiger partial charge is 0.302 e. The van der Waals surface area contributed by atoms with Crippen molar-refractivity contribution >= 4 is 0 Å². The first-order valence-electron chi connectivity index (χ1n) is 5.42. The van der Waals surface area contributed by atoms with Gasteiger partial charge in [0.2, 0.25) is 0 Å². The minimum Gasteiger partial charge on any atom is -0.302 e. The fourth-order valence-electron chi connectivity index (χ4n) is 1.49. The van der Waals surface area contributed by atoms with Crippen LogP contribution >= 0.6 is 0 Å². The Hall–Kier alpha value is -0.550. The third-order valence-electron chi connectivity index (χ3n) is 2.42. The molecule has 1 heterocycles.